The first-order chi connectivity index (χ1) is 8.52. The monoisotopic (exact) mass is 245 g/mol. The van der Waals surface area contributed by atoms with Crippen molar-refractivity contribution in [1.82, 2.24) is 4.90 Å². The van der Waals surface area contributed by atoms with Crippen molar-refractivity contribution in [3.8, 4) is 0 Å². The fraction of sp³-hybridized carbons (Fsp3) is 0.400. The molecule has 1 aliphatic heterocycles. The maximum Gasteiger partial charge on any atom is 0.230 e. The molecule has 1 heterocycles. The van der Waals surface area contributed by atoms with E-state index in [-0.39, 0.29) is 17.7 Å². The lowest BCUT2D eigenvalue weighted by Crippen LogP contribution is -2.24. The standard InChI is InChI=1S/C15H19NO2/c1-10-14(12(3)17)11(2)16(15(10)18)9-13-7-5-4-6-8-13/h4-8,10,12,14,17H,2,9H2,1,3H3/t10-,12?,14-/m1/s1. The maximum atomic E-state index is 12.2. The summed E-state index contributed by atoms with van der Waals surface area (Å²) in [6, 6.07) is 9.83. The van der Waals surface area contributed by atoms with E-state index in [0.717, 1.165) is 11.3 Å². The third-order valence-electron chi connectivity index (χ3n) is 3.63. The van der Waals surface area contributed by atoms with Crippen molar-refractivity contribution in [1.29, 1.82) is 0 Å². The molecule has 0 saturated carbocycles. The summed E-state index contributed by atoms with van der Waals surface area (Å²) < 4.78 is 0. The number of carbonyl (C=O) groups is 1. The van der Waals surface area contributed by atoms with Gasteiger partial charge in [0, 0.05) is 17.5 Å². The molecule has 0 spiro atoms. The van der Waals surface area contributed by atoms with Crippen LogP contribution in [0.5, 0.6) is 0 Å². The Balaban J connectivity index is 2.19. The summed E-state index contributed by atoms with van der Waals surface area (Å²) in [6.45, 7) is 8.09. The van der Waals surface area contributed by atoms with E-state index in [2.05, 4.69) is 6.58 Å². The van der Waals surface area contributed by atoms with Gasteiger partial charge in [-0.05, 0) is 12.5 Å². The SMILES string of the molecule is C=C1[C@H](C(C)O)[C@@H](C)C(=O)N1Cc1ccccc1. The Hall–Kier alpha value is -1.61. The highest BCUT2D eigenvalue weighted by Gasteiger charge is 2.42. The summed E-state index contributed by atoms with van der Waals surface area (Å²) in [4.78, 5) is 13.9. The molecular formula is C15H19NO2. The van der Waals surface area contributed by atoms with Gasteiger partial charge in [0.15, 0.2) is 0 Å². The Morgan fingerprint density at radius 2 is 2.00 bits per heavy atom. The summed E-state index contributed by atoms with van der Waals surface area (Å²) in [5, 5.41) is 9.75. The molecule has 1 amide bonds. The molecule has 96 valence electrons. The Morgan fingerprint density at radius 3 is 2.50 bits per heavy atom. The van der Waals surface area contributed by atoms with Crippen molar-refractivity contribution in [3.63, 3.8) is 0 Å². The van der Waals surface area contributed by atoms with Gasteiger partial charge in [-0.3, -0.25) is 4.79 Å². The van der Waals surface area contributed by atoms with E-state index in [4.69, 9.17) is 0 Å². The molecular weight excluding hydrogens is 226 g/mol. The van der Waals surface area contributed by atoms with Crippen LogP contribution in [-0.4, -0.2) is 22.0 Å². The van der Waals surface area contributed by atoms with E-state index in [0.29, 0.717) is 6.54 Å². The van der Waals surface area contributed by atoms with Crippen molar-refractivity contribution < 1.29 is 9.90 Å². The van der Waals surface area contributed by atoms with Gasteiger partial charge < -0.3 is 10.0 Å². The second-order valence-corrected chi connectivity index (χ2v) is 4.96. The highest BCUT2D eigenvalue weighted by molar-refractivity contribution is 5.84. The van der Waals surface area contributed by atoms with Crippen LogP contribution in [-0.2, 0) is 11.3 Å². The normalized spacial score (nSPS) is 25.6. The number of carbonyl (C=O) groups excluding carboxylic acids is 1. The lowest BCUT2D eigenvalue weighted by atomic mass is 9.91. The van der Waals surface area contributed by atoms with Gasteiger partial charge in [-0.15, -0.1) is 0 Å². The topological polar surface area (TPSA) is 40.5 Å². The summed E-state index contributed by atoms with van der Waals surface area (Å²) in [6.07, 6.45) is -0.544. The zero-order valence-corrected chi connectivity index (χ0v) is 10.8. The average Bonchev–Trinajstić information content (AvgIpc) is 2.55. The minimum atomic E-state index is -0.544. The number of likely N-dealkylation sites (tertiary alicyclic amines) is 1. The second-order valence-electron chi connectivity index (χ2n) is 4.96. The molecule has 1 aromatic rings. The molecule has 1 fully saturated rings. The average molecular weight is 245 g/mol. The lowest BCUT2D eigenvalue weighted by molar-refractivity contribution is -0.130. The molecule has 0 aromatic heterocycles. The van der Waals surface area contributed by atoms with Crippen LogP contribution < -0.4 is 0 Å². The van der Waals surface area contributed by atoms with Crippen LogP contribution in [0.2, 0.25) is 0 Å². The summed E-state index contributed by atoms with van der Waals surface area (Å²) in [5.74, 6) is -0.308. The number of aliphatic hydroxyl groups excluding tert-OH is 1. The molecule has 18 heavy (non-hydrogen) atoms. The third-order valence-corrected chi connectivity index (χ3v) is 3.63. The Labute approximate surface area is 108 Å². The predicted molar refractivity (Wildman–Crippen MR) is 70.5 cm³/mol. The summed E-state index contributed by atoms with van der Waals surface area (Å²) >= 11 is 0. The van der Waals surface area contributed by atoms with Crippen LogP contribution in [0.1, 0.15) is 19.4 Å². The molecule has 3 atom stereocenters. The van der Waals surface area contributed by atoms with Crippen molar-refractivity contribution in [2.75, 3.05) is 0 Å². The van der Waals surface area contributed by atoms with Gasteiger partial charge in [0.2, 0.25) is 5.91 Å². The van der Waals surface area contributed by atoms with Crippen LogP contribution in [0.25, 0.3) is 0 Å². The summed E-state index contributed by atoms with van der Waals surface area (Å²) in [5.41, 5.74) is 1.80. The first-order valence-corrected chi connectivity index (χ1v) is 6.24. The minimum absolute atomic E-state index is 0.0507. The minimum Gasteiger partial charge on any atom is -0.393 e. The van der Waals surface area contributed by atoms with E-state index in [1.165, 1.54) is 0 Å². The van der Waals surface area contributed by atoms with Crippen LogP contribution in [0.15, 0.2) is 42.6 Å². The van der Waals surface area contributed by atoms with E-state index < -0.39 is 6.10 Å². The number of rotatable bonds is 3. The first kappa shape index (κ1) is 12.8. The molecule has 0 radical (unpaired) electrons. The van der Waals surface area contributed by atoms with Gasteiger partial charge in [-0.2, -0.15) is 0 Å². The Kier molecular flexibility index (Phi) is 3.53. The van der Waals surface area contributed by atoms with Crippen LogP contribution >= 0.6 is 0 Å². The van der Waals surface area contributed by atoms with Gasteiger partial charge in [-0.1, -0.05) is 43.8 Å². The van der Waals surface area contributed by atoms with E-state index in [9.17, 15) is 9.90 Å². The molecule has 3 nitrogen and oxygen atoms in total. The van der Waals surface area contributed by atoms with Crippen molar-refractivity contribution in [2.45, 2.75) is 26.5 Å². The van der Waals surface area contributed by atoms with E-state index in [1.807, 2.05) is 37.3 Å². The number of nitrogens with zero attached hydrogens (tertiary/aromatic N) is 1. The second kappa shape index (κ2) is 4.94. The quantitative estimate of drug-likeness (QED) is 0.886. The smallest absolute Gasteiger partial charge is 0.230 e. The number of hydrogen-bond acceptors (Lipinski definition) is 2. The fourth-order valence-electron chi connectivity index (χ4n) is 2.65. The van der Waals surface area contributed by atoms with Crippen molar-refractivity contribution in [3.05, 3.63) is 48.2 Å². The molecule has 0 aliphatic carbocycles. The molecule has 1 unspecified atom stereocenters. The Bertz CT molecular complexity index is 453. The summed E-state index contributed by atoms with van der Waals surface area (Å²) in [7, 11) is 0. The zero-order chi connectivity index (χ0) is 13.3. The predicted octanol–water partition coefficient (Wildman–Crippen LogP) is 2.18. The fourth-order valence-corrected chi connectivity index (χ4v) is 2.65. The van der Waals surface area contributed by atoms with E-state index >= 15 is 0 Å². The molecule has 1 saturated heterocycles. The molecule has 2 rings (SSSR count). The highest BCUT2D eigenvalue weighted by atomic mass is 16.3. The zero-order valence-electron chi connectivity index (χ0n) is 10.8. The van der Waals surface area contributed by atoms with E-state index in [1.54, 1.807) is 11.8 Å². The highest BCUT2D eigenvalue weighted by Crippen LogP contribution is 2.36. The van der Waals surface area contributed by atoms with Crippen LogP contribution in [0.3, 0.4) is 0 Å². The van der Waals surface area contributed by atoms with Crippen molar-refractivity contribution in [2.24, 2.45) is 11.8 Å². The molecule has 1 aliphatic rings. The Morgan fingerprint density at radius 1 is 1.39 bits per heavy atom. The van der Waals surface area contributed by atoms with Crippen LogP contribution in [0.4, 0.5) is 0 Å². The van der Waals surface area contributed by atoms with Crippen molar-refractivity contribution >= 4 is 5.91 Å². The molecule has 3 heteroatoms. The number of amides is 1. The molecule has 0 bridgehead atoms. The van der Waals surface area contributed by atoms with Gasteiger partial charge in [0.25, 0.3) is 0 Å². The van der Waals surface area contributed by atoms with Crippen LogP contribution in [0, 0.1) is 11.8 Å². The maximum absolute atomic E-state index is 12.2. The van der Waals surface area contributed by atoms with Gasteiger partial charge in [0.05, 0.1) is 12.6 Å². The van der Waals surface area contributed by atoms with Gasteiger partial charge in [-0.25, -0.2) is 0 Å². The van der Waals surface area contributed by atoms with Gasteiger partial charge >= 0.3 is 0 Å². The van der Waals surface area contributed by atoms with Gasteiger partial charge in [0.1, 0.15) is 0 Å². The largest absolute Gasteiger partial charge is 0.393 e. The third kappa shape index (κ3) is 2.18. The number of aliphatic hydroxyl groups is 1. The molecule has 1 N–H and O–H groups in total. The first-order valence-electron chi connectivity index (χ1n) is 6.24. The lowest BCUT2D eigenvalue weighted by Gasteiger charge is -2.21. The number of benzene rings is 1. The molecule has 1 aromatic carbocycles. The number of hydrogen-bond donors (Lipinski definition) is 1.